The van der Waals surface area contributed by atoms with E-state index >= 15 is 0 Å². The van der Waals surface area contributed by atoms with E-state index < -0.39 is 0 Å². The van der Waals surface area contributed by atoms with Crippen molar-refractivity contribution in [1.82, 2.24) is 10.6 Å². The van der Waals surface area contributed by atoms with Crippen LogP contribution in [0.25, 0.3) is 0 Å². The molecule has 0 aliphatic carbocycles. The predicted octanol–water partition coefficient (Wildman–Crippen LogP) is 2.56. The van der Waals surface area contributed by atoms with E-state index in [9.17, 15) is 0 Å². The Balaban J connectivity index is 3.15. The van der Waals surface area contributed by atoms with Crippen LogP contribution in [-0.4, -0.2) is 37.4 Å². The van der Waals surface area contributed by atoms with Gasteiger partial charge in [-0.2, -0.15) is 0 Å². The second-order valence-electron chi connectivity index (χ2n) is 6.67. The molecule has 3 heteroatoms. The molecule has 0 saturated carbocycles. The Morgan fingerprint density at radius 1 is 0.706 bits per heavy atom. The lowest BCUT2D eigenvalue weighted by molar-refractivity contribution is 0.127. The van der Waals surface area contributed by atoms with E-state index in [1.807, 2.05) is 0 Å². The Hall–Kier alpha value is -0.120. The van der Waals surface area contributed by atoms with Crippen molar-refractivity contribution >= 4 is 0 Å². The van der Waals surface area contributed by atoms with Crippen LogP contribution in [0.5, 0.6) is 0 Å². The molecule has 0 unspecified atom stereocenters. The maximum Gasteiger partial charge on any atom is 0.0591 e. The molecule has 0 fully saturated rings. The zero-order valence-electron chi connectivity index (χ0n) is 12.7. The molecular weight excluding hydrogens is 212 g/mol. The molecule has 0 rings (SSSR count). The van der Waals surface area contributed by atoms with Crippen LogP contribution in [0, 0.1) is 0 Å². The molecule has 0 atom stereocenters. The molecule has 0 aromatic carbocycles. The molecule has 0 heterocycles. The molecule has 0 aliphatic heterocycles. The molecule has 2 N–H and O–H groups in total. The maximum atomic E-state index is 5.57. The highest BCUT2D eigenvalue weighted by Gasteiger charge is 2.08. The summed E-state index contributed by atoms with van der Waals surface area (Å²) in [6.45, 7) is 16.8. The Morgan fingerprint density at radius 3 is 1.76 bits per heavy atom. The van der Waals surface area contributed by atoms with Gasteiger partial charge in [0.25, 0.3) is 0 Å². The summed E-state index contributed by atoms with van der Waals surface area (Å²) in [6.07, 6.45) is 2.32. The van der Waals surface area contributed by atoms with Gasteiger partial charge in [0.2, 0.25) is 0 Å². The molecule has 104 valence electrons. The second-order valence-corrected chi connectivity index (χ2v) is 6.67. The fourth-order valence-corrected chi connectivity index (χ4v) is 1.39. The summed E-state index contributed by atoms with van der Waals surface area (Å²) < 4.78 is 5.57. The summed E-state index contributed by atoms with van der Waals surface area (Å²) in [5, 5.41) is 6.88. The summed E-state index contributed by atoms with van der Waals surface area (Å²) in [4.78, 5) is 0. The van der Waals surface area contributed by atoms with Crippen LogP contribution >= 0.6 is 0 Å². The second kappa shape index (κ2) is 8.06. The number of hydrogen-bond donors (Lipinski definition) is 2. The van der Waals surface area contributed by atoms with E-state index in [4.69, 9.17) is 4.74 Å². The van der Waals surface area contributed by atoms with Crippen molar-refractivity contribution in [2.24, 2.45) is 0 Å². The van der Waals surface area contributed by atoms with Gasteiger partial charge in [0.1, 0.15) is 0 Å². The van der Waals surface area contributed by atoms with Crippen LogP contribution in [-0.2, 0) is 4.74 Å². The summed E-state index contributed by atoms with van der Waals surface area (Å²) in [6, 6.07) is 0. The minimum Gasteiger partial charge on any atom is -0.380 e. The summed E-state index contributed by atoms with van der Waals surface area (Å²) in [5.41, 5.74) is 0.428. The number of hydrogen-bond acceptors (Lipinski definition) is 3. The maximum absolute atomic E-state index is 5.57. The van der Waals surface area contributed by atoms with Crippen LogP contribution in [0.15, 0.2) is 0 Å². The van der Waals surface area contributed by atoms with Crippen molar-refractivity contribution in [1.29, 1.82) is 0 Å². The molecule has 17 heavy (non-hydrogen) atoms. The molecule has 0 spiro atoms. The van der Waals surface area contributed by atoms with E-state index in [1.165, 1.54) is 6.42 Å². The van der Waals surface area contributed by atoms with Gasteiger partial charge in [0.05, 0.1) is 6.61 Å². The molecule has 0 radical (unpaired) electrons. The lowest BCUT2D eigenvalue weighted by Gasteiger charge is -2.21. The van der Waals surface area contributed by atoms with Crippen LogP contribution in [0.3, 0.4) is 0 Å². The SMILES string of the molecule is CC(C)(C)NCCCCOCCNC(C)(C)C. The molecule has 0 saturated heterocycles. The first kappa shape index (κ1) is 16.9. The zero-order valence-corrected chi connectivity index (χ0v) is 12.7. The van der Waals surface area contributed by atoms with Gasteiger partial charge in [-0.25, -0.2) is 0 Å². The van der Waals surface area contributed by atoms with Gasteiger partial charge >= 0.3 is 0 Å². The molecule has 0 aromatic heterocycles. The highest BCUT2D eigenvalue weighted by Crippen LogP contribution is 1.99. The Bertz CT molecular complexity index is 160. The third kappa shape index (κ3) is 15.9. The average Bonchev–Trinajstić information content (AvgIpc) is 2.11. The van der Waals surface area contributed by atoms with Gasteiger partial charge in [-0.3, -0.25) is 0 Å². The topological polar surface area (TPSA) is 33.3 Å². The van der Waals surface area contributed by atoms with Gasteiger partial charge in [0.15, 0.2) is 0 Å². The standard InChI is InChI=1S/C14H32N2O/c1-13(2,3)15-9-7-8-11-17-12-10-16-14(4,5)6/h15-16H,7-12H2,1-6H3. The fourth-order valence-electron chi connectivity index (χ4n) is 1.39. The number of unbranched alkanes of at least 4 members (excludes halogenated alkanes) is 1. The molecular formula is C14H32N2O. The van der Waals surface area contributed by atoms with Crippen molar-refractivity contribution < 1.29 is 4.74 Å². The van der Waals surface area contributed by atoms with Crippen molar-refractivity contribution in [2.45, 2.75) is 65.5 Å². The average molecular weight is 244 g/mol. The summed E-state index contributed by atoms with van der Waals surface area (Å²) >= 11 is 0. The largest absolute Gasteiger partial charge is 0.380 e. The van der Waals surface area contributed by atoms with Gasteiger partial charge in [-0.1, -0.05) is 0 Å². The molecule has 0 bridgehead atoms. The third-order valence-corrected chi connectivity index (χ3v) is 2.27. The van der Waals surface area contributed by atoms with Gasteiger partial charge in [-0.05, 0) is 60.9 Å². The summed E-state index contributed by atoms with van der Waals surface area (Å²) in [7, 11) is 0. The van der Waals surface area contributed by atoms with Crippen LogP contribution < -0.4 is 10.6 Å². The van der Waals surface area contributed by atoms with Crippen LogP contribution in [0.2, 0.25) is 0 Å². The molecule has 3 nitrogen and oxygen atoms in total. The lowest BCUT2D eigenvalue weighted by Crippen LogP contribution is -2.38. The van der Waals surface area contributed by atoms with Crippen molar-refractivity contribution in [2.75, 3.05) is 26.3 Å². The predicted molar refractivity (Wildman–Crippen MR) is 75.6 cm³/mol. The normalized spacial score (nSPS) is 13.1. The number of rotatable bonds is 8. The van der Waals surface area contributed by atoms with Crippen molar-refractivity contribution in [3.05, 3.63) is 0 Å². The van der Waals surface area contributed by atoms with E-state index in [0.717, 1.165) is 32.7 Å². The van der Waals surface area contributed by atoms with Gasteiger partial charge < -0.3 is 15.4 Å². The Morgan fingerprint density at radius 2 is 1.24 bits per heavy atom. The first-order valence-corrected chi connectivity index (χ1v) is 6.78. The smallest absolute Gasteiger partial charge is 0.0591 e. The van der Waals surface area contributed by atoms with Crippen molar-refractivity contribution in [3.8, 4) is 0 Å². The number of nitrogens with one attached hydrogen (secondary N) is 2. The monoisotopic (exact) mass is 244 g/mol. The minimum atomic E-state index is 0.194. The first-order chi connectivity index (χ1) is 7.71. The van der Waals surface area contributed by atoms with Crippen molar-refractivity contribution in [3.63, 3.8) is 0 Å². The molecule has 0 amide bonds. The first-order valence-electron chi connectivity index (χ1n) is 6.78. The zero-order chi connectivity index (χ0) is 13.4. The van der Waals surface area contributed by atoms with E-state index in [2.05, 4.69) is 52.2 Å². The van der Waals surface area contributed by atoms with Gasteiger partial charge in [-0.15, -0.1) is 0 Å². The molecule has 0 aliphatic rings. The lowest BCUT2D eigenvalue weighted by atomic mass is 10.1. The number of ether oxygens (including phenoxy) is 1. The Kier molecular flexibility index (Phi) is 8.01. The minimum absolute atomic E-state index is 0.194. The summed E-state index contributed by atoms with van der Waals surface area (Å²) in [5.74, 6) is 0. The quantitative estimate of drug-likeness (QED) is 0.644. The third-order valence-electron chi connectivity index (χ3n) is 2.27. The van der Waals surface area contributed by atoms with Crippen LogP contribution in [0.4, 0.5) is 0 Å². The van der Waals surface area contributed by atoms with E-state index in [1.54, 1.807) is 0 Å². The highest BCUT2D eigenvalue weighted by atomic mass is 16.5. The fraction of sp³-hybridized carbons (Fsp3) is 1.00. The molecule has 0 aromatic rings. The van der Waals surface area contributed by atoms with E-state index in [-0.39, 0.29) is 11.1 Å². The highest BCUT2D eigenvalue weighted by molar-refractivity contribution is 4.70. The Labute approximate surface area is 108 Å². The van der Waals surface area contributed by atoms with Gasteiger partial charge in [0, 0.05) is 24.2 Å². The van der Waals surface area contributed by atoms with Crippen LogP contribution in [0.1, 0.15) is 54.4 Å². The van der Waals surface area contributed by atoms with E-state index in [0.29, 0.717) is 0 Å².